The highest BCUT2D eigenvalue weighted by atomic mass is 19.4. The lowest BCUT2D eigenvalue weighted by Crippen LogP contribution is -2.74. The van der Waals surface area contributed by atoms with Crippen LogP contribution in [0.5, 0.6) is 5.75 Å². The van der Waals surface area contributed by atoms with E-state index in [4.69, 9.17) is 4.74 Å². The number of halogens is 17. The summed E-state index contributed by atoms with van der Waals surface area (Å²) in [7, 11) is 0. The summed E-state index contributed by atoms with van der Waals surface area (Å²) < 4.78 is 231. The van der Waals surface area contributed by atoms with Gasteiger partial charge >= 0.3 is 47.6 Å². The third kappa shape index (κ3) is 5.17. The summed E-state index contributed by atoms with van der Waals surface area (Å²) in [5.74, 6) is -57.0. The SMILES string of the molecule is CCCOc1ccc(C(O)CC(F)(F)C(F)(F)C(F)(F)C(F)(F)C(F)(F)C(F)(F)C(F)(F)C(F)(F)F)cc1. The number of benzene rings is 1. The predicted octanol–water partition coefficient (Wildman–Crippen LogP) is 7.91. The van der Waals surface area contributed by atoms with Gasteiger partial charge in [0.15, 0.2) is 0 Å². The van der Waals surface area contributed by atoms with E-state index < -0.39 is 65.7 Å². The molecule has 0 radical (unpaired) electrons. The third-order valence-corrected chi connectivity index (χ3v) is 4.97. The molecule has 0 saturated carbocycles. The Morgan fingerprint density at radius 3 is 1.34 bits per heavy atom. The van der Waals surface area contributed by atoms with E-state index in [0.717, 1.165) is 12.1 Å². The number of hydrogen-bond acceptors (Lipinski definition) is 2. The normalized spacial score (nSPS) is 16.0. The van der Waals surface area contributed by atoms with E-state index in [2.05, 4.69) is 0 Å². The van der Waals surface area contributed by atoms with E-state index in [1.54, 1.807) is 6.92 Å². The van der Waals surface area contributed by atoms with Crippen LogP contribution in [-0.4, -0.2) is 59.3 Å². The van der Waals surface area contributed by atoms with Crippen molar-refractivity contribution >= 4 is 0 Å². The quantitative estimate of drug-likeness (QED) is 0.248. The number of alkyl halides is 17. The molecule has 19 heteroatoms. The maximum Gasteiger partial charge on any atom is 0.460 e. The molecule has 0 bridgehead atoms. The van der Waals surface area contributed by atoms with Crippen molar-refractivity contribution in [3.63, 3.8) is 0 Å². The lowest BCUT2D eigenvalue weighted by Gasteiger charge is -2.43. The van der Waals surface area contributed by atoms with Crippen LogP contribution in [0.4, 0.5) is 74.6 Å². The molecule has 0 saturated heterocycles. The molecule has 0 aliphatic rings. The number of aliphatic hydroxyl groups excluding tert-OH is 1. The average Bonchev–Trinajstić information content (AvgIpc) is 2.76. The van der Waals surface area contributed by atoms with Gasteiger partial charge in [-0.1, -0.05) is 19.1 Å². The molecule has 0 aliphatic carbocycles. The molecular formula is C19H15F17O2. The molecule has 1 rings (SSSR count). The summed E-state index contributed by atoms with van der Waals surface area (Å²) in [5, 5.41) is 9.66. The van der Waals surface area contributed by atoms with Crippen LogP contribution in [0.2, 0.25) is 0 Å². The molecule has 38 heavy (non-hydrogen) atoms. The molecule has 1 atom stereocenters. The predicted molar refractivity (Wildman–Crippen MR) is 92.5 cm³/mol. The first kappa shape index (κ1) is 33.8. The van der Waals surface area contributed by atoms with Crippen molar-refractivity contribution in [3.05, 3.63) is 29.8 Å². The highest BCUT2D eigenvalue weighted by Gasteiger charge is 2.95. The van der Waals surface area contributed by atoms with Crippen molar-refractivity contribution in [2.24, 2.45) is 0 Å². The fourth-order valence-electron chi connectivity index (χ4n) is 2.69. The van der Waals surface area contributed by atoms with Gasteiger partial charge in [-0.25, -0.2) is 0 Å². The van der Waals surface area contributed by atoms with Gasteiger partial charge in [0, 0.05) is 6.42 Å². The Morgan fingerprint density at radius 1 is 0.605 bits per heavy atom. The first-order valence-electron chi connectivity index (χ1n) is 9.79. The van der Waals surface area contributed by atoms with Crippen molar-refractivity contribution in [3.8, 4) is 5.75 Å². The van der Waals surface area contributed by atoms with Crippen LogP contribution in [0.25, 0.3) is 0 Å². The zero-order valence-corrected chi connectivity index (χ0v) is 18.3. The minimum Gasteiger partial charge on any atom is -0.494 e. The molecular weight excluding hydrogens is 583 g/mol. The standard InChI is InChI=1S/C19H15F17O2/c1-2-7-38-10-5-3-9(4-6-10)11(37)8-12(20,21)13(22,23)14(24,25)15(26,27)16(28,29)17(30,31)18(32,33)19(34,35)36/h3-6,11,37H,2,7-8H2,1H3. The van der Waals surface area contributed by atoms with Crippen LogP contribution >= 0.6 is 0 Å². The molecule has 1 aromatic carbocycles. The molecule has 0 aromatic heterocycles. The van der Waals surface area contributed by atoms with Crippen molar-refractivity contribution < 1.29 is 84.5 Å². The molecule has 2 nitrogen and oxygen atoms in total. The van der Waals surface area contributed by atoms with Gasteiger partial charge in [-0.3, -0.25) is 0 Å². The van der Waals surface area contributed by atoms with Crippen LogP contribution in [0, 0.1) is 0 Å². The second-order valence-electron chi connectivity index (χ2n) is 7.79. The molecule has 1 unspecified atom stereocenters. The summed E-state index contributed by atoms with van der Waals surface area (Å²) in [6.07, 6.45) is -13.2. The highest BCUT2D eigenvalue weighted by Crippen LogP contribution is 2.64. The monoisotopic (exact) mass is 598 g/mol. The number of hydrogen-bond donors (Lipinski definition) is 1. The molecule has 0 amide bonds. The number of rotatable bonds is 12. The van der Waals surface area contributed by atoms with Gasteiger partial charge < -0.3 is 9.84 Å². The van der Waals surface area contributed by atoms with Crippen molar-refractivity contribution in [2.75, 3.05) is 6.61 Å². The highest BCUT2D eigenvalue weighted by molar-refractivity contribution is 5.29. The minimum absolute atomic E-state index is 0.0184. The molecule has 0 spiro atoms. The smallest absolute Gasteiger partial charge is 0.460 e. The maximum absolute atomic E-state index is 14.0. The Labute approximate surface area is 201 Å². The van der Waals surface area contributed by atoms with Gasteiger partial charge in [-0.15, -0.1) is 0 Å². The van der Waals surface area contributed by atoms with Crippen LogP contribution in [-0.2, 0) is 0 Å². The molecule has 222 valence electrons. The Balaban J connectivity index is 3.42. The molecule has 0 fully saturated rings. The van der Waals surface area contributed by atoms with Crippen molar-refractivity contribution in [1.82, 2.24) is 0 Å². The summed E-state index contributed by atoms with van der Waals surface area (Å²) in [6.45, 7) is 1.78. The Hall–Kier alpha value is -2.21. The first-order valence-corrected chi connectivity index (χ1v) is 9.79. The van der Waals surface area contributed by atoms with E-state index in [9.17, 15) is 79.7 Å². The average molecular weight is 598 g/mol. The molecule has 0 aliphatic heterocycles. The maximum atomic E-state index is 14.0. The first-order chi connectivity index (χ1) is 16.7. The van der Waals surface area contributed by atoms with E-state index in [-0.39, 0.29) is 12.4 Å². The van der Waals surface area contributed by atoms with Crippen LogP contribution < -0.4 is 4.74 Å². The van der Waals surface area contributed by atoms with E-state index in [0.29, 0.717) is 18.6 Å². The lowest BCUT2D eigenvalue weighted by atomic mass is 9.87. The van der Waals surface area contributed by atoms with Gasteiger partial charge in [-0.2, -0.15) is 74.6 Å². The fourth-order valence-corrected chi connectivity index (χ4v) is 2.69. The van der Waals surface area contributed by atoms with E-state index >= 15 is 0 Å². The molecule has 1 aromatic rings. The largest absolute Gasteiger partial charge is 0.494 e. The molecule has 0 heterocycles. The second-order valence-corrected chi connectivity index (χ2v) is 7.79. The van der Waals surface area contributed by atoms with Gasteiger partial charge in [0.2, 0.25) is 0 Å². The van der Waals surface area contributed by atoms with Gasteiger partial charge in [0.1, 0.15) is 5.75 Å². The summed E-state index contributed by atoms with van der Waals surface area (Å²) in [6, 6.07) is 3.28. The van der Waals surface area contributed by atoms with E-state index in [1.807, 2.05) is 0 Å². The van der Waals surface area contributed by atoms with Gasteiger partial charge in [-0.05, 0) is 24.1 Å². The van der Waals surface area contributed by atoms with Gasteiger partial charge in [0.25, 0.3) is 0 Å². The zero-order valence-electron chi connectivity index (χ0n) is 18.3. The number of ether oxygens (including phenoxy) is 1. The summed E-state index contributed by atoms with van der Waals surface area (Å²) in [4.78, 5) is 0. The zero-order chi connectivity index (χ0) is 30.4. The Morgan fingerprint density at radius 2 is 0.974 bits per heavy atom. The van der Waals surface area contributed by atoms with Crippen LogP contribution in [0.3, 0.4) is 0 Å². The minimum atomic E-state index is -8.69. The summed E-state index contributed by atoms with van der Waals surface area (Å²) in [5.41, 5.74) is -0.777. The Kier molecular flexibility index (Phi) is 8.97. The topological polar surface area (TPSA) is 29.5 Å². The van der Waals surface area contributed by atoms with E-state index in [1.165, 1.54) is 0 Å². The second kappa shape index (κ2) is 10.1. The van der Waals surface area contributed by atoms with Gasteiger partial charge in [0.05, 0.1) is 12.7 Å². The fraction of sp³-hybridized carbons (Fsp3) is 0.684. The van der Waals surface area contributed by atoms with Crippen molar-refractivity contribution in [1.29, 1.82) is 0 Å². The third-order valence-electron chi connectivity index (χ3n) is 4.97. The van der Waals surface area contributed by atoms with Crippen LogP contribution in [0.1, 0.15) is 31.4 Å². The van der Waals surface area contributed by atoms with Crippen LogP contribution in [0.15, 0.2) is 24.3 Å². The number of aliphatic hydroxyl groups is 1. The summed E-state index contributed by atoms with van der Waals surface area (Å²) >= 11 is 0. The Bertz CT molecular complexity index is 938. The lowest BCUT2D eigenvalue weighted by molar-refractivity contribution is -0.462. The van der Waals surface area contributed by atoms with Crippen molar-refractivity contribution in [2.45, 2.75) is 73.5 Å². The molecule has 1 N–H and O–H groups in total.